The zero-order valence-electron chi connectivity index (χ0n) is 11.0. The zero-order chi connectivity index (χ0) is 14.5. The predicted octanol–water partition coefficient (Wildman–Crippen LogP) is 5.26. The first kappa shape index (κ1) is 14.8. The summed E-state index contributed by atoms with van der Waals surface area (Å²) >= 11 is 7.75. The number of para-hydroxylation sites is 1. The van der Waals surface area contributed by atoms with Gasteiger partial charge in [0.1, 0.15) is 5.69 Å². The number of hydrogen-bond donors (Lipinski definition) is 1. The summed E-state index contributed by atoms with van der Waals surface area (Å²) < 4.78 is 0. The van der Waals surface area contributed by atoms with Crippen molar-refractivity contribution >= 4 is 34.3 Å². The third-order valence-corrected chi connectivity index (χ3v) is 4.27. The van der Waals surface area contributed by atoms with Gasteiger partial charge in [-0.15, -0.1) is 11.3 Å². The Balaban J connectivity index is 2.34. The highest BCUT2D eigenvalue weighted by Crippen LogP contribution is 2.36. The predicted molar refractivity (Wildman–Crippen MR) is 83.7 cm³/mol. The van der Waals surface area contributed by atoms with E-state index in [0.717, 1.165) is 17.7 Å². The third kappa shape index (κ3) is 3.29. The second-order valence-electron chi connectivity index (χ2n) is 4.39. The van der Waals surface area contributed by atoms with E-state index in [1.807, 2.05) is 17.5 Å². The lowest BCUT2D eigenvalue weighted by atomic mass is 10.1. The van der Waals surface area contributed by atoms with Gasteiger partial charge in [-0.2, -0.15) is 0 Å². The van der Waals surface area contributed by atoms with Gasteiger partial charge in [0.05, 0.1) is 16.0 Å². The van der Waals surface area contributed by atoms with Crippen molar-refractivity contribution in [2.24, 2.45) is 0 Å². The van der Waals surface area contributed by atoms with Gasteiger partial charge in [0, 0.05) is 10.9 Å². The van der Waals surface area contributed by atoms with Crippen LogP contribution < -0.4 is 5.32 Å². The van der Waals surface area contributed by atoms with E-state index in [1.54, 1.807) is 23.5 Å². The fourth-order valence-corrected chi connectivity index (χ4v) is 3.08. The quantitative estimate of drug-likeness (QED) is 0.584. The second-order valence-corrected chi connectivity index (χ2v) is 5.78. The van der Waals surface area contributed by atoms with E-state index < -0.39 is 4.92 Å². The van der Waals surface area contributed by atoms with Gasteiger partial charge in [-0.25, -0.2) is 0 Å². The molecule has 1 heterocycles. The number of nitro groups is 1. The SMILES string of the molecule is CCCC(Nc1c(Cl)cccc1[N+](=O)[O-])c1cccs1. The number of thiophene rings is 1. The highest BCUT2D eigenvalue weighted by molar-refractivity contribution is 7.10. The van der Waals surface area contributed by atoms with Crippen LogP contribution >= 0.6 is 22.9 Å². The third-order valence-electron chi connectivity index (χ3n) is 2.97. The van der Waals surface area contributed by atoms with Crippen molar-refractivity contribution in [1.29, 1.82) is 0 Å². The van der Waals surface area contributed by atoms with Crippen LogP contribution in [0.3, 0.4) is 0 Å². The molecule has 0 amide bonds. The van der Waals surface area contributed by atoms with Crippen molar-refractivity contribution in [3.8, 4) is 0 Å². The molecule has 0 aliphatic heterocycles. The smallest absolute Gasteiger partial charge is 0.293 e. The summed E-state index contributed by atoms with van der Waals surface area (Å²) in [7, 11) is 0. The lowest BCUT2D eigenvalue weighted by molar-refractivity contribution is -0.384. The summed E-state index contributed by atoms with van der Waals surface area (Å²) in [5, 5.41) is 16.7. The number of halogens is 1. The molecule has 0 saturated carbocycles. The molecule has 0 radical (unpaired) electrons. The molecule has 2 rings (SSSR count). The minimum atomic E-state index is -0.411. The maximum atomic E-state index is 11.1. The highest BCUT2D eigenvalue weighted by atomic mass is 35.5. The molecule has 20 heavy (non-hydrogen) atoms. The van der Waals surface area contributed by atoms with Gasteiger partial charge in [0.25, 0.3) is 5.69 Å². The van der Waals surface area contributed by atoms with E-state index in [9.17, 15) is 10.1 Å². The minimum Gasteiger partial charge on any atom is -0.371 e. The second kappa shape index (κ2) is 6.72. The molecule has 6 heteroatoms. The number of anilines is 1. The number of benzene rings is 1. The van der Waals surface area contributed by atoms with Crippen molar-refractivity contribution in [3.63, 3.8) is 0 Å². The minimum absolute atomic E-state index is 0.00941. The summed E-state index contributed by atoms with van der Waals surface area (Å²) in [6.07, 6.45) is 1.87. The van der Waals surface area contributed by atoms with Gasteiger partial charge in [-0.05, 0) is 23.9 Å². The van der Waals surface area contributed by atoms with Crippen molar-refractivity contribution in [3.05, 3.63) is 55.7 Å². The Morgan fingerprint density at radius 3 is 2.80 bits per heavy atom. The molecule has 0 aliphatic carbocycles. The Morgan fingerprint density at radius 2 is 2.20 bits per heavy atom. The molecule has 1 aromatic heterocycles. The van der Waals surface area contributed by atoms with Crippen LogP contribution in [0.2, 0.25) is 5.02 Å². The van der Waals surface area contributed by atoms with E-state index in [-0.39, 0.29) is 11.7 Å². The monoisotopic (exact) mass is 310 g/mol. The molecule has 0 bridgehead atoms. The van der Waals surface area contributed by atoms with Crippen LogP contribution in [0.15, 0.2) is 35.7 Å². The molecule has 0 fully saturated rings. The van der Waals surface area contributed by atoms with E-state index in [0.29, 0.717) is 10.7 Å². The van der Waals surface area contributed by atoms with E-state index in [2.05, 4.69) is 12.2 Å². The summed E-state index contributed by atoms with van der Waals surface area (Å²) in [4.78, 5) is 11.9. The van der Waals surface area contributed by atoms with Crippen LogP contribution in [0.5, 0.6) is 0 Å². The number of nitrogens with one attached hydrogen (secondary N) is 1. The molecule has 2 aromatic rings. The largest absolute Gasteiger partial charge is 0.371 e. The zero-order valence-corrected chi connectivity index (χ0v) is 12.6. The molecular weight excluding hydrogens is 296 g/mol. The normalized spacial score (nSPS) is 12.1. The van der Waals surface area contributed by atoms with Gasteiger partial charge >= 0.3 is 0 Å². The number of rotatable bonds is 6. The lowest BCUT2D eigenvalue weighted by Crippen LogP contribution is -2.11. The highest BCUT2D eigenvalue weighted by Gasteiger charge is 2.20. The fraction of sp³-hybridized carbons (Fsp3) is 0.286. The van der Waals surface area contributed by atoms with Crippen LogP contribution in [0.4, 0.5) is 11.4 Å². The van der Waals surface area contributed by atoms with E-state index >= 15 is 0 Å². The van der Waals surface area contributed by atoms with Crippen LogP contribution in [0.1, 0.15) is 30.7 Å². The molecule has 1 unspecified atom stereocenters. The van der Waals surface area contributed by atoms with Crippen molar-refractivity contribution in [1.82, 2.24) is 0 Å². The van der Waals surface area contributed by atoms with Gasteiger partial charge in [0.2, 0.25) is 0 Å². The molecule has 1 aromatic carbocycles. The van der Waals surface area contributed by atoms with Crippen LogP contribution in [-0.4, -0.2) is 4.92 Å². The Morgan fingerprint density at radius 1 is 1.40 bits per heavy atom. The van der Waals surface area contributed by atoms with Crippen molar-refractivity contribution < 1.29 is 4.92 Å². The Kier molecular flexibility index (Phi) is 4.98. The fourth-order valence-electron chi connectivity index (χ4n) is 2.05. The Labute approximate surface area is 126 Å². The molecule has 0 spiro atoms. The number of nitrogens with zero attached hydrogens (tertiary/aromatic N) is 1. The van der Waals surface area contributed by atoms with E-state index in [4.69, 9.17) is 11.6 Å². The van der Waals surface area contributed by atoms with E-state index in [1.165, 1.54) is 6.07 Å². The van der Waals surface area contributed by atoms with Gasteiger partial charge in [0.15, 0.2) is 0 Å². The summed E-state index contributed by atoms with van der Waals surface area (Å²) in [5.74, 6) is 0. The number of nitro benzene ring substituents is 1. The molecule has 4 nitrogen and oxygen atoms in total. The topological polar surface area (TPSA) is 55.2 Å². The molecule has 106 valence electrons. The Bertz CT molecular complexity index is 587. The first-order valence-corrected chi connectivity index (χ1v) is 7.62. The number of hydrogen-bond acceptors (Lipinski definition) is 4. The average molecular weight is 311 g/mol. The summed E-state index contributed by atoms with van der Waals surface area (Å²) in [6.45, 7) is 2.09. The van der Waals surface area contributed by atoms with Crippen LogP contribution in [0.25, 0.3) is 0 Å². The molecular formula is C14H15ClN2O2S. The van der Waals surface area contributed by atoms with Crippen molar-refractivity contribution in [2.45, 2.75) is 25.8 Å². The van der Waals surface area contributed by atoms with Crippen molar-refractivity contribution in [2.75, 3.05) is 5.32 Å². The molecule has 1 N–H and O–H groups in total. The molecule has 0 aliphatic rings. The first-order chi connectivity index (χ1) is 9.63. The maximum absolute atomic E-state index is 11.1. The van der Waals surface area contributed by atoms with Gasteiger partial charge in [-0.3, -0.25) is 10.1 Å². The Hall–Kier alpha value is -1.59. The maximum Gasteiger partial charge on any atom is 0.293 e. The van der Waals surface area contributed by atoms with Crippen LogP contribution in [-0.2, 0) is 0 Å². The van der Waals surface area contributed by atoms with Crippen LogP contribution in [0, 0.1) is 10.1 Å². The lowest BCUT2D eigenvalue weighted by Gasteiger charge is -2.18. The van der Waals surface area contributed by atoms with Gasteiger partial charge in [-0.1, -0.05) is 37.1 Å². The standard InChI is InChI=1S/C14H15ClN2O2S/c1-2-5-11(13-8-4-9-20-13)16-14-10(15)6-3-7-12(14)17(18)19/h3-4,6-9,11,16H,2,5H2,1H3. The summed E-state index contributed by atoms with van der Waals surface area (Å²) in [6, 6.07) is 8.76. The summed E-state index contributed by atoms with van der Waals surface area (Å²) in [5.41, 5.74) is 0.404. The average Bonchev–Trinajstić information content (AvgIpc) is 2.93. The van der Waals surface area contributed by atoms with Gasteiger partial charge < -0.3 is 5.32 Å². The molecule has 0 saturated heterocycles. The molecule has 1 atom stereocenters. The first-order valence-electron chi connectivity index (χ1n) is 6.36.